The van der Waals surface area contributed by atoms with Crippen molar-refractivity contribution < 1.29 is 13.2 Å². The van der Waals surface area contributed by atoms with Gasteiger partial charge in [0.2, 0.25) is 5.96 Å². The van der Waals surface area contributed by atoms with Gasteiger partial charge in [-0.25, -0.2) is 23.6 Å². The van der Waals surface area contributed by atoms with Gasteiger partial charge in [0, 0.05) is 30.8 Å². The average Bonchev–Trinajstić information content (AvgIpc) is 3.03. The number of hydrogen-bond donors (Lipinski definition) is 2. The molecule has 0 saturated carbocycles. The third-order valence-corrected chi connectivity index (χ3v) is 5.40. The molecule has 1 aromatic rings. The lowest BCUT2D eigenvalue weighted by Crippen LogP contribution is -2.61. The van der Waals surface area contributed by atoms with Gasteiger partial charge < -0.3 is 5.32 Å². The first-order chi connectivity index (χ1) is 12.5. The van der Waals surface area contributed by atoms with Crippen molar-refractivity contribution in [3.8, 4) is 0 Å². The zero-order chi connectivity index (χ0) is 18.4. The Kier molecular flexibility index (Phi) is 4.58. The molecule has 0 aromatic heterocycles. The highest BCUT2D eigenvalue weighted by Crippen LogP contribution is 2.37. The van der Waals surface area contributed by atoms with Crippen LogP contribution in [-0.4, -0.2) is 41.8 Å². The molecule has 1 atom stereocenters. The lowest BCUT2D eigenvalue weighted by atomic mass is 9.95. The average molecular weight is 386 g/mol. The van der Waals surface area contributed by atoms with Crippen LogP contribution in [0, 0.1) is 23.4 Å². The Labute approximate surface area is 154 Å². The summed E-state index contributed by atoms with van der Waals surface area (Å²) in [6.45, 7) is 4.05. The summed E-state index contributed by atoms with van der Waals surface area (Å²) < 4.78 is 42.4. The summed E-state index contributed by atoms with van der Waals surface area (Å²) >= 11 is 6.39. The molecule has 3 aliphatic rings. The highest BCUT2D eigenvalue weighted by Gasteiger charge is 2.42. The Hall–Kier alpha value is -1.77. The van der Waals surface area contributed by atoms with Crippen LogP contribution >= 0.6 is 11.6 Å². The summed E-state index contributed by atoms with van der Waals surface area (Å²) in [7, 11) is 0. The minimum Gasteiger partial charge on any atom is -0.315 e. The number of hydrogen-bond acceptors (Lipinski definition) is 5. The number of guanidine groups is 1. The predicted molar refractivity (Wildman–Crippen MR) is 93.3 cm³/mol. The summed E-state index contributed by atoms with van der Waals surface area (Å²) in [5.41, 5.74) is 3.02. The van der Waals surface area contributed by atoms with Crippen LogP contribution in [0.5, 0.6) is 0 Å². The van der Waals surface area contributed by atoms with E-state index < -0.39 is 23.6 Å². The molecule has 140 valence electrons. The first-order valence-corrected chi connectivity index (χ1v) is 8.96. The maximum atomic E-state index is 14.5. The quantitative estimate of drug-likeness (QED) is 0.768. The second-order valence-corrected chi connectivity index (χ2v) is 7.24. The van der Waals surface area contributed by atoms with Gasteiger partial charge >= 0.3 is 0 Å². The molecule has 4 rings (SSSR count). The number of hydrazine groups is 1. The van der Waals surface area contributed by atoms with Crippen molar-refractivity contribution in [1.82, 2.24) is 20.7 Å². The largest absolute Gasteiger partial charge is 0.315 e. The molecule has 1 fully saturated rings. The van der Waals surface area contributed by atoms with Crippen LogP contribution in [0.3, 0.4) is 0 Å². The molecule has 0 spiro atoms. The highest BCUT2D eigenvalue weighted by atomic mass is 35.5. The third kappa shape index (κ3) is 2.95. The molecule has 3 heterocycles. The summed E-state index contributed by atoms with van der Waals surface area (Å²) in [5.74, 6) is -1.82. The molecule has 1 unspecified atom stereocenters. The number of nitrogens with zero attached hydrogens (tertiary/aromatic N) is 3. The maximum absolute atomic E-state index is 14.5. The topological polar surface area (TPSA) is 42.9 Å². The van der Waals surface area contributed by atoms with Crippen LogP contribution < -0.4 is 10.7 Å². The van der Waals surface area contributed by atoms with Crippen LogP contribution in [0.1, 0.15) is 25.3 Å². The van der Waals surface area contributed by atoms with Crippen LogP contribution in [0.15, 0.2) is 22.3 Å². The molecule has 26 heavy (non-hydrogen) atoms. The van der Waals surface area contributed by atoms with Crippen LogP contribution in [-0.2, 0) is 0 Å². The summed E-state index contributed by atoms with van der Waals surface area (Å²) in [5, 5.41) is 4.71. The zero-order valence-corrected chi connectivity index (χ0v) is 15.0. The van der Waals surface area contributed by atoms with E-state index in [0.29, 0.717) is 30.7 Å². The van der Waals surface area contributed by atoms with Gasteiger partial charge in [-0.3, -0.25) is 9.91 Å². The number of piperidine rings is 1. The second-order valence-electron chi connectivity index (χ2n) is 6.86. The SMILES string of the molecule is CC1CCN(C2C(c3c(F)cc(F)cc3F)=C(Cl)NC3=NCNN32)CC1. The Bertz CT molecular complexity index is 766. The summed E-state index contributed by atoms with van der Waals surface area (Å²) in [4.78, 5) is 6.40. The maximum Gasteiger partial charge on any atom is 0.217 e. The van der Waals surface area contributed by atoms with E-state index in [4.69, 9.17) is 11.6 Å². The molecule has 0 bridgehead atoms. The molecule has 2 N–H and O–H groups in total. The van der Waals surface area contributed by atoms with E-state index >= 15 is 0 Å². The van der Waals surface area contributed by atoms with Gasteiger partial charge in [-0.2, -0.15) is 0 Å². The molecule has 1 saturated heterocycles. The number of nitrogens with one attached hydrogen (secondary N) is 2. The fourth-order valence-electron chi connectivity index (χ4n) is 3.70. The van der Waals surface area contributed by atoms with Crippen molar-refractivity contribution in [3.63, 3.8) is 0 Å². The fourth-order valence-corrected chi connectivity index (χ4v) is 3.98. The standard InChI is InChI=1S/C17H19ClF3N5/c1-9-2-4-25(5-3-9)16-14(13-11(20)6-10(19)7-12(13)21)15(18)24-17-22-8-23-26(16)17/h6-7,9,16,23H,2-5,8H2,1H3,(H,22,24). The van der Waals surface area contributed by atoms with Crippen molar-refractivity contribution in [2.45, 2.75) is 25.9 Å². The monoisotopic (exact) mass is 385 g/mol. The van der Waals surface area contributed by atoms with Crippen molar-refractivity contribution >= 4 is 23.1 Å². The van der Waals surface area contributed by atoms with Gasteiger partial charge in [0.1, 0.15) is 35.4 Å². The number of rotatable bonds is 2. The number of aliphatic imine (C=N–C) groups is 1. The van der Waals surface area contributed by atoms with Gasteiger partial charge in [-0.15, -0.1) is 0 Å². The van der Waals surface area contributed by atoms with Crippen molar-refractivity contribution in [2.24, 2.45) is 10.9 Å². The minimum atomic E-state index is -0.979. The van der Waals surface area contributed by atoms with Crippen LogP contribution in [0.4, 0.5) is 13.2 Å². The lowest BCUT2D eigenvalue weighted by Gasteiger charge is -2.45. The first kappa shape index (κ1) is 17.6. The van der Waals surface area contributed by atoms with Crippen molar-refractivity contribution in [1.29, 1.82) is 0 Å². The number of benzene rings is 1. The third-order valence-electron chi connectivity index (χ3n) is 5.10. The normalized spacial score (nSPS) is 24.6. The number of likely N-dealkylation sites (tertiary alicyclic amines) is 1. The van der Waals surface area contributed by atoms with Crippen LogP contribution in [0.25, 0.3) is 5.57 Å². The molecule has 0 aliphatic carbocycles. The lowest BCUT2D eigenvalue weighted by molar-refractivity contribution is 0.0729. The Morgan fingerprint density at radius 2 is 1.81 bits per heavy atom. The minimum absolute atomic E-state index is 0.0942. The molecule has 0 radical (unpaired) electrons. The van der Waals surface area contributed by atoms with Gasteiger partial charge in [0.05, 0.1) is 5.56 Å². The predicted octanol–water partition coefficient (Wildman–Crippen LogP) is 2.81. The second kappa shape index (κ2) is 6.75. The summed E-state index contributed by atoms with van der Waals surface area (Å²) in [6, 6.07) is 1.35. The van der Waals surface area contributed by atoms with E-state index in [1.165, 1.54) is 0 Å². The Morgan fingerprint density at radius 1 is 1.15 bits per heavy atom. The van der Waals surface area contributed by atoms with Gasteiger partial charge in [-0.1, -0.05) is 18.5 Å². The van der Waals surface area contributed by atoms with Gasteiger partial charge in [-0.05, 0) is 18.8 Å². The van der Waals surface area contributed by atoms with E-state index in [1.54, 1.807) is 5.01 Å². The smallest absolute Gasteiger partial charge is 0.217 e. The molecule has 1 aromatic carbocycles. The molecular formula is C17H19ClF3N5. The Morgan fingerprint density at radius 3 is 2.46 bits per heavy atom. The molecule has 0 amide bonds. The molecule has 9 heteroatoms. The van der Waals surface area contributed by atoms with E-state index in [2.05, 4.69) is 27.6 Å². The first-order valence-electron chi connectivity index (χ1n) is 8.58. The van der Waals surface area contributed by atoms with Gasteiger partial charge in [0.25, 0.3) is 0 Å². The summed E-state index contributed by atoms with van der Waals surface area (Å²) in [6.07, 6.45) is 1.42. The fraction of sp³-hybridized carbons (Fsp3) is 0.471. The molecule has 3 aliphatic heterocycles. The van der Waals surface area contributed by atoms with Gasteiger partial charge in [0.15, 0.2) is 0 Å². The van der Waals surface area contributed by atoms with E-state index in [9.17, 15) is 13.2 Å². The molecule has 5 nitrogen and oxygen atoms in total. The number of halogens is 4. The molecular weight excluding hydrogens is 367 g/mol. The zero-order valence-electron chi connectivity index (χ0n) is 14.2. The van der Waals surface area contributed by atoms with E-state index in [1.807, 2.05) is 0 Å². The highest BCUT2D eigenvalue weighted by molar-refractivity contribution is 6.34. The number of fused-ring (bicyclic) bond motifs is 1. The van der Waals surface area contributed by atoms with E-state index in [-0.39, 0.29) is 16.3 Å². The van der Waals surface area contributed by atoms with E-state index in [0.717, 1.165) is 25.9 Å². The van der Waals surface area contributed by atoms with Crippen molar-refractivity contribution in [2.75, 3.05) is 19.8 Å². The Balaban J connectivity index is 1.82. The van der Waals surface area contributed by atoms with Crippen molar-refractivity contribution in [3.05, 3.63) is 40.3 Å². The van der Waals surface area contributed by atoms with Crippen LogP contribution in [0.2, 0.25) is 0 Å².